The molecule has 8 nitrogen and oxygen atoms in total. The van der Waals surface area contributed by atoms with Gasteiger partial charge in [-0.05, 0) is 27.7 Å². The highest BCUT2D eigenvalue weighted by atomic mass is 16.6. The van der Waals surface area contributed by atoms with E-state index in [1.807, 2.05) is 38.5 Å². The molecule has 0 unspecified atom stereocenters. The zero-order chi connectivity index (χ0) is 17.6. The normalized spacial score (nSPS) is 15.8. The average molecular weight is 336 g/mol. The minimum Gasteiger partial charge on any atom is -0.444 e. The minimum absolute atomic E-state index is 0.198. The van der Waals surface area contributed by atoms with Gasteiger partial charge in [-0.15, -0.1) is 0 Å². The van der Waals surface area contributed by atoms with Crippen molar-refractivity contribution in [2.45, 2.75) is 45.9 Å². The molecule has 8 heteroatoms. The van der Waals surface area contributed by atoms with Gasteiger partial charge in [0.25, 0.3) is 0 Å². The average Bonchev–Trinajstić information content (AvgIpc) is 2.93. The lowest BCUT2D eigenvalue weighted by Gasteiger charge is -2.40. The zero-order valence-electron chi connectivity index (χ0n) is 15.0. The van der Waals surface area contributed by atoms with Crippen LogP contribution >= 0.6 is 0 Å². The Balaban J connectivity index is 1.75. The van der Waals surface area contributed by atoms with Gasteiger partial charge in [0.1, 0.15) is 5.60 Å². The lowest BCUT2D eigenvalue weighted by Crippen LogP contribution is -2.63. The first-order chi connectivity index (χ1) is 11.4. The molecule has 24 heavy (non-hydrogen) atoms. The molecule has 1 aliphatic heterocycles. The molecule has 2 heterocycles. The molecule has 0 spiro atoms. The highest BCUT2D eigenvalue weighted by molar-refractivity contribution is 5.80. The van der Waals surface area contributed by atoms with Crippen molar-refractivity contribution in [3.8, 4) is 0 Å². The number of amides is 1. The molecule has 2 N–H and O–H groups in total. The summed E-state index contributed by atoms with van der Waals surface area (Å²) in [6.45, 7) is 11.1. The molecule has 0 radical (unpaired) electrons. The molecule has 0 atom stereocenters. The molecule has 1 aromatic rings. The van der Waals surface area contributed by atoms with Gasteiger partial charge < -0.3 is 24.8 Å². The topological polar surface area (TPSA) is 83.8 Å². The van der Waals surface area contributed by atoms with Gasteiger partial charge in [0.2, 0.25) is 0 Å². The number of rotatable bonds is 5. The Bertz CT molecular complexity index is 543. The van der Waals surface area contributed by atoms with Gasteiger partial charge >= 0.3 is 6.09 Å². The number of aliphatic imine (C=N–C) groups is 1. The van der Waals surface area contributed by atoms with Crippen molar-refractivity contribution in [3.63, 3.8) is 0 Å². The quantitative estimate of drug-likeness (QED) is 0.620. The van der Waals surface area contributed by atoms with Crippen LogP contribution in [0.2, 0.25) is 0 Å². The third kappa shape index (κ3) is 5.75. The summed E-state index contributed by atoms with van der Waals surface area (Å²) in [4.78, 5) is 22.2. The van der Waals surface area contributed by atoms with Gasteiger partial charge in [-0.25, -0.2) is 9.78 Å². The van der Waals surface area contributed by atoms with Gasteiger partial charge in [-0.1, -0.05) is 0 Å². The largest absolute Gasteiger partial charge is 0.444 e. The van der Waals surface area contributed by atoms with Crippen molar-refractivity contribution in [3.05, 3.63) is 18.7 Å². The van der Waals surface area contributed by atoms with E-state index in [2.05, 4.69) is 20.6 Å². The summed E-state index contributed by atoms with van der Waals surface area (Å²) in [5.74, 6) is 0.770. The van der Waals surface area contributed by atoms with Crippen LogP contribution < -0.4 is 10.6 Å². The van der Waals surface area contributed by atoms with Crippen LogP contribution in [0.1, 0.15) is 27.7 Å². The lowest BCUT2D eigenvalue weighted by atomic mass is 10.1. The maximum absolute atomic E-state index is 11.9. The fraction of sp³-hybridized carbons (Fsp3) is 0.688. The maximum Gasteiger partial charge on any atom is 0.410 e. The number of nitrogens with one attached hydrogen (secondary N) is 2. The Morgan fingerprint density at radius 2 is 2.17 bits per heavy atom. The van der Waals surface area contributed by atoms with E-state index in [9.17, 15) is 4.79 Å². The predicted octanol–water partition coefficient (Wildman–Crippen LogP) is 1.06. The molecular weight excluding hydrogens is 308 g/mol. The summed E-state index contributed by atoms with van der Waals surface area (Å²) in [5, 5.41) is 6.57. The van der Waals surface area contributed by atoms with Crippen LogP contribution in [0.5, 0.6) is 0 Å². The van der Waals surface area contributed by atoms with Crippen LogP contribution in [-0.2, 0) is 11.3 Å². The SMILES string of the molecule is CCNC(=NCCn1ccnc1)NC1CN(C(=O)OC(C)(C)C)C1. The number of aromatic nitrogens is 2. The van der Waals surface area contributed by atoms with E-state index in [1.54, 1.807) is 17.4 Å². The molecule has 1 amide bonds. The first-order valence-corrected chi connectivity index (χ1v) is 8.36. The van der Waals surface area contributed by atoms with Crippen molar-refractivity contribution < 1.29 is 9.53 Å². The standard InChI is InChI=1S/C16H28N6O2/c1-5-18-14(19-7-9-21-8-6-17-12-21)20-13-10-22(11-13)15(23)24-16(2,3)4/h6,8,12-13H,5,7,9-11H2,1-4H3,(H2,18,19,20). The van der Waals surface area contributed by atoms with Crippen LogP contribution in [0.15, 0.2) is 23.7 Å². The Hall–Kier alpha value is -2.25. The molecule has 1 aromatic heterocycles. The third-order valence-electron chi connectivity index (χ3n) is 3.41. The number of likely N-dealkylation sites (tertiary alicyclic amines) is 1. The Morgan fingerprint density at radius 3 is 2.75 bits per heavy atom. The number of hydrogen-bond donors (Lipinski definition) is 2. The van der Waals surface area contributed by atoms with Crippen LogP contribution in [-0.4, -0.2) is 64.3 Å². The fourth-order valence-corrected chi connectivity index (χ4v) is 2.26. The second-order valence-corrected chi connectivity index (χ2v) is 6.79. The second-order valence-electron chi connectivity index (χ2n) is 6.79. The summed E-state index contributed by atoms with van der Waals surface area (Å²) in [6.07, 6.45) is 5.19. The molecule has 1 saturated heterocycles. The van der Waals surface area contributed by atoms with Gasteiger partial charge in [0.15, 0.2) is 5.96 Å². The van der Waals surface area contributed by atoms with E-state index in [4.69, 9.17) is 4.74 Å². The van der Waals surface area contributed by atoms with E-state index in [0.29, 0.717) is 19.6 Å². The number of carbonyl (C=O) groups is 1. The number of carbonyl (C=O) groups excluding carboxylic acids is 1. The summed E-state index contributed by atoms with van der Waals surface area (Å²) in [7, 11) is 0. The summed E-state index contributed by atoms with van der Waals surface area (Å²) in [6, 6.07) is 0.198. The molecule has 0 aromatic carbocycles. The number of ether oxygens (including phenoxy) is 1. The van der Waals surface area contributed by atoms with Crippen LogP contribution in [0.3, 0.4) is 0 Å². The van der Waals surface area contributed by atoms with Crippen molar-refractivity contribution in [2.24, 2.45) is 4.99 Å². The maximum atomic E-state index is 11.9. The fourth-order valence-electron chi connectivity index (χ4n) is 2.26. The van der Waals surface area contributed by atoms with Gasteiger partial charge in [0.05, 0.1) is 18.9 Å². The molecule has 0 aliphatic carbocycles. The van der Waals surface area contributed by atoms with Gasteiger partial charge in [-0.3, -0.25) is 4.99 Å². The van der Waals surface area contributed by atoms with Crippen molar-refractivity contribution >= 4 is 12.1 Å². The molecule has 0 bridgehead atoms. The first kappa shape index (κ1) is 18.1. The van der Waals surface area contributed by atoms with E-state index in [-0.39, 0.29) is 12.1 Å². The molecule has 1 aliphatic rings. The summed E-state index contributed by atoms with van der Waals surface area (Å²) < 4.78 is 7.34. The number of hydrogen-bond acceptors (Lipinski definition) is 4. The van der Waals surface area contributed by atoms with Gasteiger partial charge in [-0.2, -0.15) is 0 Å². The monoisotopic (exact) mass is 336 g/mol. The van der Waals surface area contributed by atoms with E-state index in [0.717, 1.165) is 19.0 Å². The molecule has 1 fully saturated rings. The van der Waals surface area contributed by atoms with E-state index < -0.39 is 5.60 Å². The Morgan fingerprint density at radius 1 is 1.42 bits per heavy atom. The van der Waals surface area contributed by atoms with Crippen LogP contribution in [0.4, 0.5) is 4.79 Å². The third-order valence-corrected chi connectivity index (χ3v) is 3.41. The van der Waals surface area contributed by atoms with Crippen molar-refractivity contribution in [1.29, 1.82) is 0 Å². The first-order valence-electron chi connectivity index (χ1n) is 8.36. The Labute approximate surface area is 143 Å². The highest BCUT2D eigenvalue weighted by Gasteiger charge is 2.34. The molecule has 134 valence electrons. The molecule has 0 saturated carbocycles. The van der Waals surface area contributed by atoms with Crippen LogP contribution in [0, 0.1) is 0 Å². The van der Waals surface area contributed by atoms with Crippen LogP contribution in [0.25, 0.3) is 0 Å². The van der Waals surface area contributed by atoms with E-state index in [1.165, 1.54) is 0 Å². The summed E-state index contributed by atoms with van der Waals surface area (Å²) >= 11 is 0. The van der Waals surface area contributed by atoms with Crippen molar-refractivity contribution in [1.82, 2.24) is 25.1 Å². The van der Waals surface area contributed by atoms with Crippen molar-refractivity contribution in [2.75, 3.05) is 26.2 Å². The molecular formula is C16H28N6O2. The van der Waals surface area contributed by atoms with E-state index >= 15 is 0 Å². The minimum atomic E-state index is -0.459. The number of nitrogens with zero attached hydrogens (tertiary/aromatic N) is 4. The van der Waals surface area contributed by atoms with Gasteiger partial charge in [0, 0.05) is 38.6 Å². The lowest BCUT2D eigenvalue weighted by molar-refractivity contribution is 0.00701. The Kier molecular flexibility index (Phi) is 6.05. The smallest absolute Gasteiger partial charge is 0.410 e. The summed E-state index contributed by atoms with van der Waals surface area (Å²) in [5.41, 5.74) is -0.459. The zero-order valence-corrected chi connectivity index (χ0v) is 15.0. The second kappa shape index (κ2) is 8.03. The highest BCUT2D eigenvalue weighted by Crippen LogP contribution is 2.15. The predicted molar refractivity (Wildman–Crippen MR) is 92.9 cm³/mol. The molecule has 2 rings (SSSR count). The number of imidazole rings is 1. The number of guanidine groups is 1.